The van der Waals surface area contributed by atoms with Crippen molar-refractivity contribution < 1.29 is 9.59 Å². The van der Waals surface area contributed by atoms with Crippen LogP contribution in [0.1, 0.15) is 6.92 Å². The molecule has 0 fully saturated rings. The van der Waals surface area contributed by atoms with Gasteiger partial charge in [0.1, 0.15) is 0 Å². The molecule has 0 bridgehead atoms. The first kappa shape index (κ1) is 10.4. The van der Waals surface area contributed by atoms with E-state index in [0.29, 0.717) is 5.19 Å². The zero-order valence-electron chi connectivity index (χ0n) is 7.64. The molecule has 0 aromatic heterocycles. The highest BCUT2D eigenvalue weighted by atomic mass is 28.4. The molecule has 0 aliphatic carbocycles. The summed E-state index contributed by atoms with van der Waals surface area (Å²) in [6, 6.07) is 9.00. The third-order valence-corrected chi connectivity index (χ3v) is 4.31. The van der Waals surface area contributed by atoms with Gasteiger partial charge in [-0.15, -0.1) is 0 Å². The van der Waals surface area contributed by atoms with Crippen molar-refractivity contribution in [3.05, 3.63) is 30.3 Å². The molecule has 13 heavy (non-hydrogen) atoms. The van der Waals surface area contributed by atoms with Gasteiger partial charge in [0.25, 0.3) is 0 Å². The van der Waals surface area contributed by atoms with E-state index in [1.807, 2.05) is 6.07 Å². The highest BCUT2D eigenvalue weighted by Crippen LogP contribution is 2.04. The van der Waals surface area contributed by atoms with E-state index in [2.05, 4.69) is 0 Å². The van der Waals surface area contributed by atoms with Crippen LogP contribution in [0.5, 0.6) is 0 Å². The van der Waals surface area contributed by atoms with E-state index in [1.54, 1.807) is 31.2 Å². The fraction of sp³-hybridized carbons (Fsp3) is 0.333. The molecule has 0 amide bonds. The van der Waals surface area contributed by atoms with Gasteiger partial charge in [-0.1, -0.05) is 37.3 Å². The SMILES string of the molecule is CC(N)C[Si](O)(O)c1ccccc1. The summed E-state index contributed by atoms with van der Waals surface area (Å²) in [7, 11) is -3.27. The maximum absolute atomic E-state index is 9.77. The minimum absolute atomic E-state index is 0.179. The Morgan fingerprint density at radius 3 is 2.31 bits per heavy atom. The topological polar surface area (TPSA) is 66.5 Å². The van der Waals surface area contributed by atoms with E-state index in [-0.39, 0.29) is 12.1 Å². The molecule has 1 aromatic rings. The summed E-state index contributed by atoms with van der Waals surface area (Å²) in [5, 5.41) is 0.618. The van der Waals surface area contributed by atoms with Gasteiger partial charge in [0.05, 0.1) is 0 Å². The predicted octanol–water partition coefficient (Wildman–Crippen LogP) is -0.332. The Hall–Kier alpha value is -0.683. The molecule has 0 saturated carbocycles. The molecule has 0 saturated heterocycles. The number of rotatable bonds is 3. The zero-order valence-corrected chi connectivity index (χ0v) is 8.64. The molecule has 1 aromatic carbocycles. The van der Waals surface area contributed by atoms with Gasteiger partial charge in [-0.2, -0.15) is 0 Å². The third kappa shape index (κ3) is 2.93. The highest BCUT2D eigenvalue weighted by molar-refractivity contribution is 6.78. The van der Waals surface area contributed by atoms with Crippen LogP contribution in [-0.4, -0.2) is 24.2 Å². The lowest BCUT2D eigenvalue weighted by Crippen LogP contribution is -2.51. The Balaban J connectivity index is 2.81. The maximum atomic E-state index is 9.77. The Morgan fingerprint density at radius 2 is 1.85 bits per heavy atom. The summed E-state index contributed by atoms with van der Waals surface area (Å²) >= 11 is 0. The fourth-order valence-electron chi connectivity index (χ4n) is 1.27. The monoisotopic (exact) mass is 197 g/mol. The van der Waals surface area contributed by atoms with Gasteiger partial charge in [0.15, 0.2) is 0 Å². The van der Waals surface area contributed by atoms with Crippen molar-refractivity contribution in [2.45, 2.75) is 19.0 Å². The minimum Gasteiger partial charge on any atom is -0.407 e. The molecule has 0 radical (unpaired) electrons. The van der Waals surface area contributed by atoms with Crippen molar-refractivity contribution >= 4 is 13.7 Å². The van der Waals surface area contributed by atoms with Crippen LogP contribution in [0.3, 0.4) is 0 Å². The van der Waals surface area contributed by atoms with Crippen molar-refractivity contribution in [3.63, 3.8) is 0 Å². The lowest BCUT2D eigenvalue weighted by atomic mass is 10.4. The summed E-state index contributed by atoms with van der Waals surface area (Å²) < 4.78 is 0. The van der Waals surface area contributed by atoms with Crippen molar-refractivity contribution in [2.75, 3.05) is 0 Å². The van der Waals surface area contributed by atoms with Crippen LogP contribution < -0.4 is 10.9 Å². The molecule has 0 aliphatic rings. The van der Waals surface area contributed by atoms with Crippen LogP contribution in [0.4, 0.5) is 0 Å². The van der Waals surface area contributed by atoms with Crippen molar-refractivity contribution in [1.29, 1.82) is 0 Å². The molecular weight excluding hydrogens is 182 g/mol. The summed E-state index contributed by atoms with van der Waals surface area (Å²) in [6.45, 7) is 1.77. The molecule has 4 heteroatoms. The van der Waals surface area contributed by atoms with Gasteiger partial charge in [-0.25, -0.2) is 0 Å². The molecule has 0 aliphatic heterocycles. The van der Waals surface area contributed by atoms with Crippen LogP contribution in [0.15, 0.2) is 30.3 Å². The Bertz CT molecular complexity index is 262. The summed E-state index contributed by atoms with van der Waals surface area (Å²) in [5.74, 6) is 0. The molecule has 72 valence electrons. The van der Waals surface area contributed by atoms with Crippen LogP contribution in [0.25, 0.3) is 0 Å². The summed E-state index contributed by atoms with van der Waals surface area (Å²) in [5.41, 5.74) is 5.53. The quantitative estimate of drug-likeness (QED) is 0.581. The first-order valence-corrected chi connectivity index (χ1v) is 6.38. The number of hydrogen-bond acceptors (Lipinski definition) is 3. The van der Waals surface area contributed by atoms with Crippen molar-refractivity contribution in [3.8, 4) is 0 Å². The predicted molar refractivity (Wildman–Crippen MR) is 54.7 cm³/mol. The van der Waals surface area contributed by atoms with Crippen LogP contribution in [0, 0.1) is 0 Å². The normalized spacial score (nSPS) is 14.2. The Morgan fingerprint density at radius 1 is 1.31 bits per heavy atom. The summed E-state index contributed by atoms with van der Waals surface area (Å²) in [6.07, 6.45) is 0. The molecule has 1 unspecified atom stereocenters. The first-order chi connectivity index (χ1) is 6.02. The Kier molecular flexibility index (Phi) is 3.21. The van der Waals surface area contributed by atoms with Gasteiger partial charge < -0.3 is 15.3 Å². The van der Waals surface area contributed by atoms with Gasteiger partial charge >= 0.3 is 8.56 Å². The van der Waals surface area contributed by atoms with E-state index in [1.165, 1.54) is 0 Å². The van der Waals surface area contributed by atoms with Gasteiger partial charge in [-0.05, 0) is 5.19 Å². The van der Waals surface area contributed by atoms with Gasteiger partial charge in [0, 0.05) is 12.1 Å². The van der Waals surface area contributed by atoms with E-state index in [9.17, 15) is 9.59 Å². The molecule has 0 heterocycles. The lowest BCUT2D eigenvalue weighted by molar-refractivity contribution is 0.374. The Labute approximate surface area is 79.1 Å². The van der Waals surface area contributed by atoms with E-state index >= 15 is 0 Å². The molecular formula is C9H15NO2Si. The largest absolute Gasteiger partial charge is 0.407 e. The van der Waals surface area contributed by atoms with E-state index in [4.69, 9.17) is 5.73 Å². The minimum atomic E-state index is -3.27. The zero-order chi connectivity index (χ0) is 9.90. The molecule has 1 rings (SSSR count). The number of hydrogen-bond donors (Lipinski definition) is 3. The summed E-state index contributed by atoms with van der Waals surface area (Å²) in [4.78, 5) is 19.5. The lowest BCUT2D eigenvalue weighted by Gasteiger charge is -2.19. The third-order valence-electron chi connectivity index (χ3n) is 1.84. The first-order valence-electron chi connectivity index (χ1n) is 4.28. The average Bonchev–Trinajstić information content (AvgIpc) is 2.04. The maximum Gasteiger partial charge on any atom is 0.368 e. The number of benzene rings is 1. The fourth-order valence-corrected chi connectivity index (χ4v) is 3.13. The molecule has 3 nitrogen and oxygen atoms in total. The van der Waals surface area contributed by atoms with Gasteiger partial charge in [0.2, 0.25) is 0 Å². The van der Waals surface area contributed by atoms with E-state index < -0.39 is 8.56 Å². The van der Waals surface area contributed by atoms with Gasteiger partial charge in [-0.3, -0.25) is 0 Å². The standard InChI is InChI=1S/C9H15NO2Si/c1-8(10)7-13(11,12)9-5-3-2-4-6-9/h2-6,8,11-12H,7,10H2,1H3. The average molecular weight is 197 g/mol. The van der Waals surface area contributed by atoms with E-state index in [0.717, 1.165) is 0 Å². The number of nitrogens with two attached hydrogens (primary N) is 1. The van der Waals surface area contributed by atoms with Crippen LogP contribution >= 0.6 is 0 Å². The molecule has 4 N–H and O–H groups in total. The highest BCUT2D eigenvalue weighted by Gasteiger charge is 2.32. The molecule has 0 spiro atoms. The van der Waals surface area contributed by atoms with Crippen molar-refractivity contribution in [2.24, 2.45) is 5.73 Å². The second-order valence-corrected chi connectivity index (χ2v) is 5.98. The second-order valence-electron chi connectivity index (χ2n) is 3.36. The smallest absolute Gasteiger partial charge is 0.368 e. The molecule has 1 atom stereocenters. The second kappa shape index (κ2) is 4.02. The van der Waals surface area contributed by atoms with Crippen molar-refractivity contribution in [1.82, 2.24) is 0 Å². The van der Waals surface area contributed by atoms with Crippen LogP contribution in [0.2, 0.25) is 6.04 Å². The van der Waals surface area contributed by atoms with Crippen LogP contribution in [-0.2, 0) is 0 Å².